The molecular weight excluding hydrogens is 202 g/mol. The molecule has 0 aliphatic carbocycles. The summed E-state index contributed by atoms with van der Waals surface area (Å²) in [5.74, 6) is -0.975. The van der Waals surface area contributed by atoms with Crippen molar-refractivity contribution < 1.29 is 9.90 Å². The van der Waals surface area contributed by atoms with E-state index in [9.17, 15) is 4.79 Å². The molecule has 1 aromatic rings. The number of anilines is 1. The second-order valence-electron chi connectivity index (χ2n) is 4.61. The fourth-order valence-electron chi connectivity index (χ4n) is 2.28. The van der Waals surface area contributed by atoms with Crippen LogP contribution in [-0.2, 0) is 11.2 Å². The van der Waals surface area contributed by atoms with Gasteiger partial charge in [-0.1, -0.05) is 18.2 Å². The second-order valence-corrected chi connectivity index (χ2v) is 4.61. The second kappa shape index (κ2) is 4.16. The Labute approximate surface area is 95.7 Å². The lowest BCUT2D eigenvalue weighted by Gasteiger charge is -2.37. The first-order chi connectivity index (χ1) is 7.59. The first-order valence-corrected chi connectivity index (χ1v) is 5.67. The quantitative estimate of drug-likeness (QED) is 0.828. The molecule has 1 unspecified atom stereocenters. The number of nitrogens with zero attached hydrogens (tertiary/aromatic N) is 1. The van der Waals surface area contributed by atoms with Crippen LogP contribution in [0, 0.1) is 5.92 Å². The molecule has 86 valence electrons. The van der Waals surface area contributed by atoms with Crippen molar-refractivity contribution in [2.45, 2.75) is 26.3 Å². The standard InChI is InChI=1S/C13H17NO2/c1-9(2)14-8-11(13(15)16)7-10-5-3-4-6-12(10)14/h3-6,9,11H,7-8H2,1-2H3,(H,15,16). The summed E-state index contributed by atoms with van der Waals surface area (Å²) in [4.78, 5) is 13.3. The van der Waals surface area contributed by atoms with Crippen LogP contribution in [0.5, 0.6) is 0 Å². The number of hydrogen-bond acceptors (Lipinski definition) is 2. The van der Waals surface area contributed by atoms with E-state index < -0.39 is 5.97 Å². The van der Waals surface area contributed by atoms with Crippen LogP contribution in [0.1, 0.15) is 19.4 Å². The van der Waals surface area contributed by atoms with E-state index >= 15 is 0 Å². The third-order valence-corrected chi connectivity index (χ3v) is 3.16. The van der Waals surface area contributed by atoms with Crippen LogP contribution in [0.2, 0.25) is 0 Å². The number of hydrogen-bond donors (Lipinski definition) is 1. The molecule has 0 amide bonds. The van der Waals surface area contributed by atoms with E-state index in [4.69, 9.17) is 5.11 Å². The van der Waals surface area contributed by atoms with Crippen LogP contribution in [0.15, 0.2) is 24.3 Å². The summed E-state index contributed by atoms with van der Waals surface area (Å²) in [6.45, 7) is 4.81. The van der Waals surface area contributed by atoms with Crippen molar-refractivity contribution in [3.05, 3.63) is 29.8 Å². The molecule has 1 aliphatic heterocycles. The Morgan fingerprint density at radius 3 is 2.75 bits per heavy atom. The SMILES string of the molecule is CC(C)N1CC(C(=O)O)Cc2ccccc21. The molecule has 0 bridgehead atoms. The largest absolute Gasteiger partial charge is 0.481 e. The fourth-order valence-corrected chi connectivity index (χ4v) is 2.28. The van der Waals surface area contributed by atoms with Gasteiger partial charge in [0.15, 0.2) is 0 Å². The van der Waals surface area contributed by atoms with Gasteiger partial charge in [0, 0.05) is 18.3 Å². The van der Waals surface area contributed by atoms with Crippen LogP contribution in [-0.4, -0.2) is 23.7 Å². The molecule has 0 saturated carbocycles. The molecule has 1 heterocycles. The predicted molar refractivity (Wildman–Crippen MR) is 63.8 cm³/mol. The molecule has 0 saturated heterocycles. The number of carboxylic acid groups (broad SMARTS) is 1. The zero-order chi connectivity index (χ0) is 11.7. The Kier molecular flexibility index (Phi) is 2.86. The monoisotopic (exact) mass is 219 g/mol. The molecule has 0 radical (unpaired) electrons. The average Bonchev–Trinajstić information content (AvgIpc) is 2.27. The first-order valence-electron chi connectivity index (χ1n) is 5.67. The number of aliphatic carboxylic acids is 1. The molecule has 3 nitrogen and oxygen atoms in total. The Morgan fingerprint density at radius 2 is 2.12 bits per heavy atom. The minimum absolute atomic E-state index is 0.280. The van der Waals surface area contributed by atoms with Crippen LogP contribution in [0.3, 0.4) is 0 Å². The van der Waals surface area contributed by atoms with Gasteiger partial charge >= 0.3 is 5.97 Å². The number of fused-ring (bicyclic) bond motifs is 1. The lowest BCUT2D eigenvalue weighted by molar-refractivity contribution is -0.141. The zero-order valence-corrected chi connectivity index (χ0v) is 9.68. The topological polar surface area (TPSA) is 40.5 Å². The van der Waals surface area contributed by atoms with E-state index in [-0.39, 0.29) is 5.92 Å². The number of carboxylic acids is 1. The Morgan fingerprint density at radius 1 is 1.44 bits per heavy atom. The highest BCUT2D eigenvalue weighted by molar-refractivity contribution is 5.74. The smallest absolute Gasteiger partial charge is 0.308 e. The van der Waals surface area contributed by atoms with Crippen molar-refractivity contribution in [3.63, 3.8) is 0 Å². The van der Waals surface area contributed by atoms with Crippen molar-refractivity contribution in [3.8, 4) is 0 Å². The molecule has 0 fully saturated rings. The molecule has 0 aromatic heterocycles. The van der Waals surface area contributed by atoms with Crippen LogP contribution in [0.25, 0.3) is 0 Å². The lowest BCUT2D eigenvalue weighted by atomic mass is 9.92. The summed E-state index contributed by atoms with van der Waals surface area (Å²) in [6, 6.07) is 8.42. The summed E-state index contributed by atoms with van der Waals surface area (Å²) < 4.78 is 0. The summed E-state index contributed by atoms with van der Waals surface area (Å²) in [5.41, 5.74) is 2.34. The first kappa shape index (κ1) is 11.0. The molecule has 1 atom stereocenters. The van der Waals surface area contributed by atoms with Gasteiger partial charge in [-0.05, 0) is 31.9 Å². The maximum atomic E-state index is 11.1. The number of rotatable bonds is 2. The van der Waals surface area contributed by atoms with E-state index in [1.54, 1.807) is 0 Å². The highest BCUT2D eigenvalue weighted by Gasteiger charge is 2.29. The van der Waals surface area contributed by atoms with Gasteiger partial charge in [0.25, 0.3) is 0 Å². The molecule has 1 N–H and O–H groups in total. The van der Waals surface area contributed by atoms with Crippen molar-refractivity contribution >= 4 is 11.7 Å². The maximum Gasteiger partial charge on any atom is 0.308 e. The summed E-state index contributed by atoms with van der Waals surface area (Å²) in [5, 5.41) is 9.14. The Balaban J connectivity index is 2.37. The lowest BCUT2D eigenvalue weighted by Crippen LogP contribution is -2.42. The number of carbonyl (C=O) groups is 1. The van der Waals surface area contributed by atoms with Gasteiger partial charge in [-0.15, -0.1) is 0 Å². The highest BCUT2D eigenvalue weighted by atomic mass is 16.4. The Hall–Kier alpha value is -1.51. The average molecular weight is 219 g/mol. The minimum Gasteiger partial charge on any atom is -0.481 e. The number of benzene rings is 1. The molecule has 1 aromatic carbocycles. The van der Waals surface area contributed by atoms with Gasteiger partial charge in [-0.3, -0.25) is 4.79 Å². The van der Waals surface area contributed by atoms with E-state index in [0.717, 1.165) is 5.56 Å². The molecule has 1 aliphatic rings. The van der Waals surface area contributed by atoms with E-state index in [1.807, 2.05) is 18.2 Å². The van der Waals surface area contributed by atoms with Gasteiger partial charge in [-0.2, -0.15) is 0 Å². The highest BCUT2D eigenvalue weighted by Crippen LogP contribution is 2.30. The van der Waals surface area contributed by atoms with Crippen molar-refractivity contribution in [1.29, 1.82) is 0 Å². The Bertz CT molecular complexity index is 401. The molecule has 16 heavy (non-hydrogen) atoms. The summed E-state index contributed by atoms with van der Waals surface area (Å²) in [7, 11) is 0. The zero-order valence-electron chi connectivity index (χ0n) is 9.68. The van der Waals surface area contributed by atoms with E-state index in [0.29, 0.717) is 19.0 Å². The minimum atomic E-state index is -0.694. The molecular formula is C13H17NO2. The summed E-state index contributed by atoms with van der Waals surface area (Å²) >= 11 is 0. The molecule has 2 rings (SSSR count). The van der Waals surface area contributed by atoms with Crippen molar-refractivity contribution in [2.75, 3.05) is 11.4 Å². The van der Waals surface area contributed by atoms with Crippen molar-refractivity contribution in [1.82, 2.24) is 0 Å². The predicted octanol–water partition coefficient (Wildman–Crippen LogP) is 2.16. The van der Waals surface area contributed by atoms with Gasteiger partial charge < -0.3 is 10.0 Å². The van der Waals surface area contributed by atoms with Gasteiger partial charge in [-0.25, -0.2) is 0 Å². The fraction of sp³-hybridized carbons (Fsp3) is 0.462. The third-order valence-electron chi connectivity index (χ3n) is 3.16. The van der Waals surface area contributed by atoms with E-state index in [2.05, 4.69) is 24.8 Å². The summed E-state index contributed by atoms with van der Waals surface area (Å²) in [6.07, 6.45) is 0.648. The van der Waals surface area contributed by atoms with Gasteiger partial charge in [0.1, 0.15) is 0 Å². The van der Waals surface area contributed by atoms with Crippen LogP contribution in [0.4, 0.5) is 5.69 Å². The van der Waals surface area contributed by atoms with Crippen LogP contribution >= 0.6 is 0 Å². The van der Waals surface area contributed by atoms with Gasteiger partial charge in [0.2, 0.25) is 0 Å². The maximum absolute atomic E-state index is 11.1. The van der Waals surface area contributed by atoms with Gasteiger partial charge in [0.05, 0.1) is 5.92 Å². The molecule has 3 heteroatoms. The van der Waals surface area contributed by atoms with Crippen molar-refractivity contribution in [2.24, 2.45) is 5.92 Å². The molecule has 0 spiro atoms. The van der Waals surface area contributed by atoms with E-state index in [1.165, 1.54) is 5.69 Å². The van der Waals surface area contributed by atoms with Crippen LogP contribution < -0.4 is 4.90 Å². The number of para-hydroxylation sites is 1. The normalized spacial score (nSPS) is 19.7. The third kappa shape index (κ3) is 1.90.